The lowest BCUT2D eigenvalue weighted by Crippen LogP contribution is -2.40. The summed E-state index contributed by atoms with van der Waals surface area (Å²) in [4.78, 5) is 6.69. The van der Waals surface area contributed by atoms with Crippen LogP contribution in [0.15, 0.2) is 17.3 Å². The molecule has 0 radical (unpaired) electrons. The molecule has 0 amide bonds. The van der Waals surface area contributed by atoms with Gasteiger partial charge in [-0.3, -0.25) is 4.68 Å². The fraction of sp³-hybridized carbons (Fsp3) is 0.667. The minimum Gasteiger partial charge on any atom is -0.391 e. The van der Waals surface area contributed by atoms with Crippen LogP contribution in [0.4, 0.5) is 0 Å². The van der Waals surface area contributed by atoms with E-state index in [0.29, 0.717) is 13.1 Å². The van der Waals surface area contributed by atoms with Crippen LogP contribution in [0.25, 0.3) is 0 Å². The number of aromatic nitrogens is 2. The summed E-state index contributed by atoms with van der Waals surface area (Å²) in [5.41, 5.74) is 1.07. The van der Waals surface area contributed by atoms with Crippen LogP contribution in [0.2, 0.25) is 0 Å². The predicted octanol–water partition coefficient (Wildman–Crippen LogP) is -0.0478. The molecule has 2 N–H and O–H groups in total. The summed E-state index contributed by atoms with van der Waals surface area (Å²) in [6.45, 7) is 5.00. The van der Waals surface area contributed by atoms with E-state index in [1.54, 1.807) is 6.20 Å². The number of rotatable bonds is 3. The zero-order valence-electron chi connectivity index (χ0n) is 11.0. The number of aliphatic imine (C=N–C) groups is 1. The van der Waals surface area contributed by atoms with Crippen LogP contribution in [0.5, 0.6) is 0 Å². The molecule has 0 spiro atoms. The number of hydrogen-bond acceptors (Lipinski definition) is 3. The fourth-order valence-corrected chi connectivity index (χ4v) is 2.07. The average molecular weight is 251 g/mol. The van der Waals surface area contributed by atoms with Crippen LogP contribution in [-0.2, 0) is 13.6 Å². The number of guanidine groups is 1. The third kappa shape index (κ3) is 3.01. The Morgan fingerprint density at radius 3 is 3.06 bits per heavy atom. The van der Waals surface area contributed by atoms with E-state index in [1.807, 2.05) is 24.7 Å². The van der Waals surface area contributed by atoms with Crippen LogP contribution in [0.1, 0.15) is 19.0 Å². The molecule has 0 bridgehead atoms. The van der Waals surface area contributed by atoms with Gasteiger partial charge in [-0.1, -0.05) is 0 Å². The van der Waals surface area contributed by atoms with Crippen molar-refractivity contribution >= 4 is 5.96 Å². The largest absolute Gasteiger partial charge is 0.391 e. The van der Waals surface area contributed by atoms with Crippen LogP contribution >= 0.6 is 0 Å². The van der Waals surface area contributed by atoms with Crippen molar-refractivity contribution in [2.24, 2.45) is 12.0 Å². The first-order valence-electron chi connectivity index (χ1n) is 6.39. The number of hydrogen-bond donors (Lipinski definition) is 2. The number of aliphatic hydroxyl groups is 1. The van der Waals surface area contributed by atoms with Crippen molar-refractivity contribution < 1.29 is 5.11 Å². The Hall–Kier alpha value is -1.56. The zero-order valence-corrected chi connectivity index (χ0v) is 11.0. The average Bonchev–Trinajstić information content (AvgIpc) is 2.94. The second kappa shape index (κ2) is 5.86. The van der Waals surface area contributed by atoms with Gasteiger partial charge in [-0.05, 0) is 19.4 Å². The van der Waals surface area contributed by atoms with E-state index < -0.39 is 0 Å². The molecule has 1 fully saturated rings. The van der Waals surface area contributed by atoms with Crippen LogP contribution in [0, 0.1) is 0 Å². The lowest BCUT2D eigenvalue weighted by Gasteiger charge is -2.20. The predicted molar refractivity (Wildman–Crippen MR) is 70.2 cm³/mol. The molecule has 1 aliphatic heterocycles. The zero-order chi connectivity index (χ0) is 13.0. The number of likely N-dealkylation sites (tertiary alicyclic amines) is 1. The normalized spacial score (nSPS) is 20.5. The molecule has 0 aliphatic carbocycles. The highest BCUT2D eigenvalue weighted by Gasteiger charge is 2.22. The van der Waals surface area contributed by atoms with E-state index >= 15 is 0 Å². The molecule has 2 heterocycles. The van der Waals surface area contributed by atoms with E-state index in [0.717, 1.165) is 31.2 Å². The summed E-state index contributed by atoms with van der Waals surface area (Å²) < 4.78 is 1.83. The highest BCUT2D eigenvalue weighted by atomic mass is 16.3. The van der Waals surface area contributed by atoms with Gasteiger partial charge in [-0.2, -0.15) is 5.10 Å². The lowest BCUT2D eigenvalue weighted by atomic mass is 10.3. The summed E-state index contributed by atoms with van der Waals surface area (Å²) in [7, 11) is 1.91. The van der Waals surface area contributed by atoms with Gasteiger partial charge in [0.25, 0.3) is 0 Å². The summed E-state index contributed by atoms with van der Waals surface area (Å²) in [5, 5.41) is 17.0. The molecular formula is C12H21N5O. The van der Waals surface area contributed by atoms with Gasteiger partial charge in [0.2, 0.25) is 0 Å². The Morgan fingerprint density at radius 1 is 1.67 bits per heavy atom. The van der Waals surface area contributed by atoms with E-state index in [1.165, 1.54) is 0 Å². The van der Waals surface area contributed by atoms with Crippen molar-refractivity contribution in [1.82, 2.24) is 20.0 Å². The smallest absolute Gasteiger partial charge is 0.194 e. The Labute approximate surface area is 107 Å². The van der Waals surface area contributed by atoms with Crippen molar-refractivity contribution in [2.75, 3.05) is 19.6 Å². The van der Waals surface area contributed by atoms with Gasteiger partial charge in [0.05, 0.1) is 18.3 Å². The summed E-state index contributed by atoms with van der Waals surface area (Å²) in [5.74, 6) is 0.871. The highest BCUT2D eigenvalue weighted by molar-refractivity contribution is 5.80. The Balaban J connectivity index is 2.02. The molecule has 0 aromatic carbocycles. The maximum Gasteiger partial charge on any atom is 0.194 e. The molecule has 1 aliphatic rings. The molecule has 1 aromatic rings. The Kier molecular flexibility index (Phi) is 4.19. The molecule has 1 aromatic heterocycles. The number of β-amino-alcohol motifs (C(OH)–C–C–N with tert-alkyl or cyclic N) is 1. The molecule has 2 rings (SSSR count). The minimum absolute atomic E-state index is 0.231. The van der Waals surface area contributed by atoms with E-state index in [2.05, 4.69) is 20.3 Å². The van der Waals surface area contributed by atoms with Crippen LogP contribution < -0.4 is 5.32 Å². The number of nitrogens with zero attached hydrogens (tertiary/aromatic N) is 4. The summed E-state index contributed by atoms with van der Waals surface area (Å²) in [6, 6.07) is 1.96. The minimum atomic E-state index is -0.231. The highest BCUT2D eigenvalue weighted by Crippen LogP contribution is 2.09. The maximum absolute atomic E-state index is 9.57. The third-order valence-electron chi connectivity index (χ3n) is 3.11. The van der Waals surface area contributed by atoms with Gasteiger partial charge in [0.1, 0.15) is 0 Å². The number of aryl methyl sites for hydroxylation is 1. The number of nitrogens with one attached hydrogen (secondary N) is 1. The van der Waals surface area contributed by atoms with Gasteiger partial charge in [-0.15, -0.1) is 0 Å². The van der Waals surface area contributed by atoms with E-state index in [4.69, 9.17) is 0 Å². The monoisotopic (exact) mass is 251 g/mol. The quantitative estimate of drug-likeness (QED) is 0.584. The maximum atomic E-state index is 9.57. The number of aliphatic hydroxyl groups excluding tert-OH is 1. The van der Waals surface area contributed by atoms with Gasteiger partial charge < -0.3 is 15.3 Å². The fourth-order valence-electron chi connectivity index (χ4n) is 2.07. The molecule has 6 heteroatoms. The first kappa shape index (κ1) is 12.9. The molecule has 100 valence electrons. The standard InChI is InChI=1S/C12H21N5O/c1-3-13-12(17-7-5-11(18)9-17)14-8-10-4-6-15-16(10)2/h4,6,11,18H,3,5,7-9H2,1-2H3,(H,13,14)/t11-/m1/s1. The Bertz CT molecular complexity index is 414. The Morgan fingerprint density at radius 2 is 2.50 bits per heavy atom. The van der Waals surface area contributed by atoms with Crippen molar-refractivity contribution in [1.29, 1.82) is 0 Å². The van der Waals surface area contributed by atoms with E-state index in [9.17, 15) is 5.11 Å². The second-order valence-corrected chi connectivity index (χ2v) is 4.50. The summed E-state index contributed by atoms with van der Waals surface area (Å²) in [6.07, 6.45) is 2.36. The van der Waals surface area contributed by atoms with Crippen molar-refractivity contribution in [2.45, 2.75) is 26.0 Å². The topological polar surface area (TPSA) is 65.7 Å². The molecule has 1 atom stereocenters. The van der Waals surface area contributed by atoms with Crippen LogP contribution in [-0.4, -0.2) is 51.5 Å². The van der Waals surface area contributed by atoms with Crippen molar-refractivity contribution in [3.05, 3.63) is 18.0 Å². The lowest BCUT2D eigenvalue weighted by molar-refractivity contribution is 0.188. The summed E-state index contributed by atoms with van der Waals surface area (Å²) >= 11 is 0. The van der Waals surface area contributed by atoms with Crippen LogP contribution in [0.3, 0.4) is 0 Å². The molecule has 6 nitrogen and oxygen atoms in total. The molecule has 18 heavy (non-hydrogen) atoms. The van der Waals surface area contributed by atoms with E-state index in [-0.39, 0.29) is 6.10 Å². The SMILES string of the molecule is CCNC(=NCc1ccnn1C)N1CC[C@@H](O)C1. The van der Waals surface area contributed by atoms with Crippen molar-refractivity contribution in [3.63, 3.8) is 0 Å². The van der Waals surface area contributed by atoms with Gasteiger partial charge in [0, 0.05) is 32.9 Å². The molecule has 0 unspecified atom stereocenters. The van der Waals surface area contributed by atoms with Gasteiger partial charge in [0.15, 0.2) is 5.96 Å². The van der Waals surface area contributed by atoms with Gasteiger partial charge in [-0.25, -0.2) is 4.99 Å². The second-order valence-electron chi connectivity index (χ2n) is 4.50. The molecule has 1 saturated heterocycles. The van der Waals surface area contributed by atoms with Crippen molar-refractivity contribution in [3.8, 4) is 0 Å². The first-order chi connectivity index (χ1) is 8.70. The molecular weight excluding hydrogens is 230 g/mol. The van der Waals surface area contributed by atoms with Gasteiger partial charge >= 0.3 is 0 Å². The molecule has 0 saturated carbocycles. The first-order valence-corrected chi connectivity index (χ1v) is 6.39. The third-order valence-corrected chi connectivity index (χ3v) is 3.11.